The third-order valence-electron chi connectivity index (χ3n) is 6.54. The van der Waals surface area contributed by atoms with Gasteiger partial charge in [0.1, 0.15) is 17.5 Å². The maximum Gasteiger partial charge on any atom is 0.144 e. The van der Waals surface area contributed by atoms with Gasteiger partial charge in [-0.1, -0.05) is 106 Å². The first-order valence-electron chi connectivity index (χ1n) is 11.9. The van der Waals surface area contributed by atoms with E-state index in [4.69, 9.17) is 4.42 Å². The Morgan fingerprint density at radius 2 is 1.17 bits per heavy atom. The van der Waals surface area contributed by atoms with E-state index in [0.717, 1.165) is 50.0 Å². The number of benzene rings is 4. The van der Waals surface area contributed by atoms with Crippen molar-refractivity contribution in [3.63, 3.8) is 0 Å². The van der Waals surface area contributed by atoms with Crippen LogP contribution >= 0.6 is 0 Å². The Bertz CT molecular complexity index is 1660. The summed E-state index contributed by atoms with van der Waals surface area (Å²) in [4.78, 5) is 9.09. The van der Waals surface area contributed by atoms with Crippen molar-refractivity contribution in [3.05, 3.63) is 109 Å². The number of rotatable bonds is 3. The van der Waals surface area contributed by atoms with Gasteiger partial charge in [0, 0.05) is 33.0 Å². The van der Waals surface area contributed by atoms with Crippen LogP contribution in [0.15, 0.2) is 108 Å². The fourth-order valence-electron chi connectivity index (χ4n) is 4.64. The van der Waals surface area contributed by atoms with Gasteiger partial charge in [-0.25, -0.2) is 9.97 Å². The minimum absolute atomic E-state index is 0.0570. The van der Waals surface area contributed by atoms with Gasteiger partial charge in [0.05, 0.1) is 5.69 Å². The first kappa shape index (κ1) is 21.3. The van der Waals surface area contributed by atoms with Gasteiger partial charge >= 0.3 is 0 Å². The molecule has 3 nitrogen and oxygen atoms in total. The normalized spacial score (nSPS) is 11.9. The van der Waals surface area contributed by atoms with Gasteiger partial charge < -0.3 is 4.42 Å². The maximum atomic E-state index is 6.60. The van der Waals surface area contributed by atoms with E-state index in [1.165, 1.54) is 11.1 Å². The van der Waals surface area contributed by atoms with Crippen molar-refractivity contribution < 1.29 is 4.42 Å². The lowest BCUT2D eigenvalue weighted by molar-refractivity contribution is 0.567. The molecule has 0 saturated carbocycles. The molecule has 0 fully saturated rings. The molecule has 3 heteroatoms. The average molecular weight is 455 g/mol. The molecular formula is C32H26N2O. The molecule has 6 aromatic rings. The molecular weight excluding hydrogens is 428 g/mol. The molecule has 0 bridgehead atoms. The zero-order valence-corrected chi connectivity index (χ0v) is 20.1. The quantitative estimate of drug-likeness (QED) is 0.268. The van der Waals surface area contributed by atoms with Crippen molar-refractivity contribution in [2.24, 2.45) is 0 Å². The molecule has 0 atom stereocenters. The summed E-state index contributed by atoms with van der Waals surface area (Å²) in [6, 6.07) is 33.9. The lowest BCUT2D eigenvalue weighted by Crippen LogP contribution is -2.13. The molecule has 0 N–H and O–H groups in total. The van der Waals surface area contributed by atoms with Crippen LogP contribution in [0.1, 0.15) is 26.5 Å². The smallest absolute Gasteiger partial charge is 0.144 e. The SMILES string of the molecule is CC(C)(C)c1cc(-c2cccc3c2oc2c(-c4ccc(-c5ccccc5)cc4)cccc23)ncn1. The highest BCUT2D eigenvalue weighted by Gasteiger charge is 2.19. The van der Waals surface area contributed by atoms with E-state index in [2.05, 4.69) is 122 Å². The van der Waals surface area contributed by atoms with Crippen LogP contribution in [0.4, 0.5) is 0 Å². The van der Waals surface area contributed by atoms with Crippen LogP contribution in [0.3, 0.4) is 0 Å². The lowest BCUT2D eigenvalue weighted by atomic mass is 9.91. The molecule has 2 heterocycles. The molecule has 0 aliphatic rings. The monoisotopic (exact) mass is 454 g/mol. The second-order valence-corrected chi connectivity index (χ2v) is 9.95. The predicted octanol–water partition coefficient (Wildman–Crippen LogP) is 8.67. The summed E-state index contributed by atoms with van der Waals surface area (Å²) >= 11 is 0. The minimum Gasteiger partial charge on any atom is -0.455 e. The van der Waals surface area contributed by atoms with E-state index >= 15 is 0 Å². The van der Waals surface area contributed by atoms with Crippen molar-refractivity contribution in [1.82, 2.24) is 9.97 Å². The zero-order chi connectivity index (χ0) is 24.0. The maximum absolute atomic E-state index is 6.60. The number of para-hydroxylation sites is 2. The second kappa shape index (κ2) is 8.21. The zero-order valence-electron chi connectivity index (χ0n) is 20.1. The van der Waals surface area contributed by atoms with Crippen LogP contribution in [0.2, 0.25) is 0 Å². The predicted molar refractivity (Wildman–Crippen MR) is 144 cm³/mol. The second-order valence-electron chi connectivity index (χ2n) is 9.95. The Hall–Kier alpha value is -4.24. The van der Waals surface area contributed by atoms with Gasteiger partial charge in [0.2, 0.25) is 0 Å². The van der Waals surface area contributed by atoms with Crippen molar-refractivity contribution in [3.8, 4) is 33.5 Å². The first-order chi connectivity index (χ1) is 17.0. The highest BCUT2D eigenvalue weighted by Crippen LogP contribution is 2.40. The third kappa shape index (κ3) is 3.79. The highest BCUT2D eigenvalue weighted by atomic mass is 16.3. The van der Waals surface area contributed by atoms with Crippen molar-refractivity contribution >= 4 is 21.9 Å². The molecule has 0 amide bonds. The van der Waals surface area contributed by atoms with Crippen molar-refractivity contribution in [1.29, 1.82) is 0 Å². The number of aromatic nitrogens is 2. The van der Waals surface area contributed by atoms with Crippen LogP contribution in [-0.4, -0.2) is 9.97 Å². The van der Waals surface area contributed by atoms with E-state index < -0.39 is 0 Å². The van der Waals surface area contributed by atoms with Gasteiger partial charge in [-0.05, 0) is 28.8 Å². The van der Waals surface area contributed by atoms with Crippen LogP contribution in [0, 0.1) is 0 Å². The van der Waals surface area contributed by atoms with Crippen LogP contribution in [0.5, 0.6) is 0 Å². The van der Waals surface area contributed by atoms with E-state index in [1.54, 1.807) is 6.33 Å². The van der Waals surface area contributed by atoms with Crippen LogP contribution in [0.25, 0.3) is 55.4 Å². The average Bonchev–Trinajstić information content (AvgIpc) is 3.28. The summed E-state index contributed by atoms with van der Waals surface area (Å²) in [7, 11) is 0. The van der Waals surface area contributed by atoms with Crippen LogP contribution in [-0.2, 0) is 5.41 Å². The molecule has 6 rings (SSSR count). The minimum atomic E-state index is -0.0570. The van der Waals surface area contributed by atoms with Gasteiger partial charge in [-0.2, -0.15) is 0 Å². The first-order valence-corrected chi connectivity index (χ1v) is 11.9. The van der Waals surface area contributed by atoms with Gasteiger partial charge in [-0.15, -0.1) is 0 Å². The molecule has 0 radical (unpaired) electrons. The standard InChI is InChI=1S/C32H26N2O/c1-32(2,3)29-19-28(33-20-34-29)27-14-8-13-26-25-12-7-11-24(30(25)35-31(26)27)23-17-15-22(16-18-23)21-9-5-4-6-10-21/h4-20H,1-3H3. The summed E-state index contributed by atoms with van der Waals surface area (Å²) < 4.78 is 6.60. The third-order valence-corrected chi connectivity index (χ3v) is 6.54. The Morgan fingerprint density at radius 3 is 1.86 bits per heavy atom. The lowest BCUT2D eigenvalue weighted by Gasteiger charge is -2.17. The van der Waals surface area contributed by atoms with Crippen molar-refractivity contribution in [2.45, 2.75) is 26.2 Å². The summed E-state index contributed by atoms with van der Waals surface area (Å²) in [6.07, 6.45) is 1.65. The molecule has 0 unspecified atom stereocenters. The summed E-state index contributed by atoms with van der Waals surface area (Å²) in [5.41, 5.74) is 9.20. The highest BCUT2D eigenvalue weighted by molar-refractivity contribution is 6.12. The Morgan fingerprint density at radius 1 is 0.571 bits per heavy atom. The number of hydrogen-bond donors (Lipinski definition) is 0. The van der Waals surface area contributed by atoms with E-state index in [1.807, 2.05) is 6.07 Å². The number of hydrogen-bond acceptors (Lipinski definition) is 3. The Labute approximate surface area is 205 Å². The van der Waals surface area contributed by atoms with E-state index in [-0.39, 0.29) is 5.41 Å². The van der Waals surface area contributed by atoms with Gasteiger partial charge in [-0.3, -0.25) is 0 Å². The van der Waals surface area contributed by atoms with Gasteiger partial charge in [0.15, 0.2) is 0 Å². The molecule has 0 saturated heterocycles. The summed E-state index contributed by atoms with van der Waals surface area (Å²) in [6.45, 7) is 6.49. The molecule has 0 aliphatic heterocycles. The molecule has 35 heavy (non-hydrogen) atoms. The number of furan rings is 1. The van der Waals surface area contributed by atoms with Gasteiger partial charge in [0.25, 0.3) is 0 Å². The fraction of sp³-hybridized carbons (Fsp3) is 0.125. The van der Waals surface area contributed by atoms with E-state index in [0.29, 0.717) is 0 Å². The topological polar surface area (TPSA) is 38.9 Å². The molecule has 2 aromatic heterocycles. The molecule has 4 aromatic carbocycles. The van der Waals surface area contributed by atoms with Crippen LogP contribution < -0.4 is 0 Å². The summed E-state index contributed by atoms with van der Waals surface area (Å²) in [5.74, 6) is 0. The molecule has 0 aliphatic carbocycles. The Balaban J connectivity index is 1.49. The fourth-order valence-corrected chi connectivity index (χ4v) is 4.64. The molecule has 170 valence electrons. The Kier molecular flexibility index (Phi) is 5.00. The molecule has 0 spiro atoms. The summed E-state index contributed by atoms with van der Waals surface area (Å²) in [5, 5.41) is 2.20. The largest absolute Gasteiger partial charge is 0.455 e. The van der Waals surface area contributed by atoms with E-state index in [9.17, 15) is 0 Å². The van der Waals surface area contributed by atoms with Crippen molar-refractivity contribution in [2.75, 3.05) is 0 Å². The number of fused-ring (bicyclic) bond motifs is 3. The number of nitrogens with zero attached hydrogens (tertiary/aromatic N) is 2.